The lowest BCUT2D eigenvalue weighted by molar-refractivity contribution is -0.136. The van der Waals surface area contributed by atoms with Crippen LogP contribution in [0.2, 0.25) is 5.02 Å². The summed E-state index contributed by atoms with van der Waals surface area (Å²) < 4.78 is 1.64. The van der Waals surface area contributed by atoms with Crippen LogP contribution in [0.1, 0.15) is 38.2 Å². The van der Waals surface area contributed by atoms with Crippen molar-refractivity contribution in [3.63, 3.8) is 0 Å². The number of anilines is 1. The first kappa shape index (κ1) is 20.4. The Balaban J connectivity index is 1.42. The number of carbonyl (C=O) groups excluding carboxylic acids is 3. The molecule has 2 fully saturated rings. The Morgan fingerprint density at radius 3 is 2.77 bits per heavy atom. The predicted molar refractivity (Wildman–Crippen MR) is 112 cm³/mol. The second kappa shape index (κ2) is 8.10. The molecule has 2 unspecified atom stereocenters. The number of aromatic nitrogens is 2. The average molecular weight is 430 g/mol. The highest BCUT2D eigenvalue weighted by molar-refractivity contribution is 6.30. The van der Waals surface area contributed by atoms with E-state index in [0.29, 0.717) is 23.8 Å². The zero-order valence-corrected chi connectivity index (χ0v) is 17.5. The minimum Gasteiger partial charge on any atom is -0.323 e. The minimum atomic E-state index is -0.869. The lowest BCUT2D eigenvalue weighted by Crippen LogP contribution is -2.54. The van der Waals surface area contributed by atoms with Crippen molar-refractivity contribution in [2.75, 3.05) is 11.9 Å². The third-order valence-corrected chi connectivity index (χ3v) is 6.28. The first-order valence-electron chi connectivity index (χ1n) is 10.1. The number of nitrogens with one attached hydrogen (secondary N) is 2. The summed E-state index contributed by atoms with van der Waals surface area (Å²) in [7, 11) is 0. The molecule has 8 nitrogen and oxygen atoms in total. The molecule has 1 aliphatic carbocycles. The summed E-state index contributed by atoms with van der Waals surface area (Å²) >= 11 is 5.92. The number of benzene rings is 1. The van der Waals surface area contributed by atoms with Crippen molar-refractivity contribution in [3.8, 4) is 0 Å². The number of urea groups is 1. The number of amides is 4. The lowest BCUT2D eigenvalue weighted by atomic mass is 9.73. The quantitative estimate of drug-likeness (QED) is 0.714. The van der Waals surface area contributed by atoms with Crippen molar-refractivity contribution >= 4 is 35.3 Å². The number of imide groups is 1. The van der Waals surface area contributed by atoms with Gasteiger partial charge in [0.05, 0.1) is 12.7 Å². The van der Waals surface area contributed by atoms with E-state index in [1.54, 1.807) is 29.1 Å². The van der Waals surface area contributed by atoms with Crippen LogP contribution in [0.25, 0.3) is 0 Å². The van der Waals surface area contributed by atoms with Crippen LogP contribution in [0.5, 0.6) is 0 Å². The smallest absolute Gasteiger partial charge is 0.323 e. The highest BCUT2D eigenvalue weighted by atomic mass is 35.5. The zero-order valence-electron chi connectivity index (χ0n) is 16.7. The lowest BCUT2D eigenvalue weighted by Gasteiger charge is -2.36. The molecular weight excluding hydrogens is 406 g/mol. The van der Waals surface area contributed by atoms with Gasteiger partial charge in [0.15, 0.2) is 0 Å². The highest BCUT2D eigenvalue weighted by Crippen LogP contribution is 2.38. The molecule has 30 heavy (non-hydrogen) atoms. The molecular formula is C21H24ClN5O3. The van der Waals surface area contributed by atoms with Crippen molar-refractivity contribution in [1.29, 1.82) is 0 Å². The summed E-state index contributed by atoms with van der Waals surface area (Å²) in [5.74, 6) is -0.208. The summed E-state index contributed by atoms with van der Waals surface area (Å²) in [6.45, 7) is 2.10. The van der Waals surface area contributed by atoms with Crippen LogP contribution in [0.15, 0.2) is 36.5 Å². The molecule has 1 aromatic heterocycles. The molecule has 2 aromatic rings. The van der Waals surface area contributed by atoms with E-state index in [4.69, 9.17) is 11.6 Å². The van der Waals surface area contributed by atoms with Gasteiger partial charge in [-0.1, -0.05) is 43.5 Å². The van der Waals surface area contributed by atoms with E-state index in [-0.39, 0.29) is 18.4 Å². The SMILES string of the molecule is CC1CCCCC12NC(=O)N(CC(=O)Nc1ccnn1Cc1ccc(Cl)cc1)C2=O. The molecule has 9 heteroatoms. The second-order valence-electron chi connectivity index (χ2n) is 7.99. The van der Waals surface area contributed by atoms with Gasteiger partial charge in [0.1, 0.15) is 17.9 Å². The molecule has 0 bridgehead atoms. The fraction of sp³-hybridized carbons (Fsp3) is 0.429. The summed E-state index contributed by atoms with van der Waals surface area (Å²) in [5, 5.41) is 10.5. The van der Waals surface area contributed by atoms with Gasteiger partial charge in [-0.3, -0.25) is 14.5 Å². The molecule has 4 rings (SSSR count). The number of nitrogens with zero attached hydrogens (tertiary/aromatic N) is 3. The van der Waals surface area contributed by atoms with Crippen LogP contribution >= 0.6 is 11.6 Å². The molecule has 4 amide bonds. The first-order chi connectivity index (χ1) is 14.4. The third kappa shape index (κ3) is 3.79. The third-order valence-electron chi connectivity index (χ3n) is 6.03. The molecule has 2 N–H and O–H groups in total. The topological polar surface area (TPSA) is 96.3 Å². The van der Waals surface area contributed by atoms with E-state index in [1.807, 2.05) is 19.1 Å². The van der Waals surface area contributed by atoms with E-state index in [9.17, 15) is 14.4 Å². The fourth-order valence-corrected chi connectivity index (χ4v) is 4.42. The van der Waals surface area contributed by atoms with E-state index in [0.717, 1.165) is 29.7 Å². The van der Waals surface area contributed by atoms with Gasteiger partial charge in [-0.05, 0) is 36.5 Å². The van der Waals surface area contributed by atoms with Gasteiger partial charge in [0, 0.05) is 11.1 Å². The van der Waals surface area contributed by atoms with Crippen LogP contribution in [-0.2, 0) is 16.1 Å². The van der Waals surface area contributed by atoms with Gasteiger partial charge in [-0.2, -0.15) is 5.10 Å². The maximum absolute atomic E-state index is 13.0. The second-order valence-corrected chi connectivity index (χ2v) is 8.42. The largest absolute Gasteiger partial charge is 0.325 e. The summed E-state index contributed by atoms with van der Waals surface area (Å²) in [6, 6.07) is 8.51. The Morgan fingerprint density at radius 1 is 1.27 bits per heavy atom. The number of hydrogen-bond acceptors (Lipinski definition) is 4. The van der Waals surface area contributed by atoms with Crippen LogP contribution in [0.4, 0.5) is 10.6 Å². The number of halogens is 1. The van der Waals surface area contributed by atoms with Gasteiger partial charge in [-0.25, -0.2) is 9.48 Å². The first-order valence-corrected chi connectivity index (χ1v) is 10.5. The molecule has 1 spiro atoms. The van der Waals surface area contributed by atoms with E-state index < -0.39 is 17.5 Å². The monoisotopic (exact) mass is 429 g/mol. The van der Waals surface area contributed by atoms with Crippen molar-refractivity contribution < 1.29 is 14.4 Å². The molecule has 2 aliphatic rings. The van der Waals surface area contributed by atoms with Gasteiger partial charge in [0.2, 0.25) is 5.91 Å². The Hall–Kier alpha value is -2.87. The normalized spacial score (nSPS) is 23.7. The molecule has 1 aromatic carbocycles. The van der Waals surface area contributed by atoms with Crippen molar-refractivity contribution in [1.82, 2.24) is 20.0 Å². The van der Waals surface area contributed by atoms with Crippen LogP contribution in [0.3, 0.4) is 0 Å². The van der Waals surface area contributed by atoms with Gasteiger partial charge >= 0.3 is 6.03 Å². The van der Waals surface area contributed by atoms with Crippen molar-refractivity contribution in [3.05, 3.63) is 47.1 Å². The number of hydrogen-bond donors (Lipinski definition) is 2. The molecule has 1 aliphatic heterocycles. The summed E-state index contributed by atoms with van der Waals surface area (Å²) in [4.78, 5) is 39.1. The van der Waals surface area contributed by atoms with Crippen LogP contribution < -0.4 is 10.6 Å². The van der Waals surface area contributed by atoms with Gasteiger partial charge in [-0.15, -0.1) is 0 Å². The Labute approximate surface area is 179 Å². The maximum atomic E-state index is 13.0. The fourth-order valence-electron chi connectivity index (χ4n) is 4.29. The molecule has 1 saturated carbocycles. The summed E-state index contributed by atoms with van der Waals surface area (Å²) in [6.07, 6.45) is 5.02. The molecule has 0 radical (unpaired) electrons. The van der Waals surface area contributed by atoms with E-state index in [1.165, 1.54) is 0 Å². The highest BCUT2D eigenvalue weighted by Gasteiger charge is 2.55. The average Bonchev–Trinajstić information content (AvgIpc) is 3.24. The van der Waals surface area contributed by atoms with Crippen molar-refractivity contribution in [2.24, 2.45) is 5.92 Å². The van der Waals surface area contributed by atoms with Crippen molar-refractivity contribution in [2.45, 2.75) is 44.7 Å². The van der Waals surface area contributed by atoms with Crippen LogP contribution in [0, 0.1) is 5.92 Å². The number of carbonyl (C=O) groups is 3. The molecule has 158 valence electrons. The minimum absolute atomic E-state index is 0.0524. The Bertz CT molecular complexity index is 973. The Kier molecular flexibility index (Phi) is 5.51. The summed E-state index contributed by atoms with van der Waals surface area (Å²) in [5.41, 5.74) is 0.104. The van der Waals surface area contributed by atoms with Gasteiger partial charge < -0.3 is 10.6 Å². The maximum Gasteiger partial charge on any atom is 0.325 e. The number of rotatable bonds is 5. The van der Waals surface area contributed by atoms with Gasteiger partial charge in [0.25, 0.3) is 5.91 Å². The van der Waals surface area contributed by atoms with E-state index >= 15 is 0 Å². The van der Waals surface area contributed by atoms with Crippen LogP contribution in [-0.4, -0.2) is 44.6 Å². The molecule has 2 heterocycles. The standard InChI is InChI=1S/C21H24ClN5O3/c1-14-4-2-3-10-21(14)19(29)26(20(30)25-21)13-18(28)24-17-9-11-23-27(17)12-15-5-7-16(22)8-6-15/h5-9,11,14H,2-4,10,12-13H2,1H3,(H,24,28)(H,25,30). The predicted octanol–water partition coefficient (Wildman–Crippen LogP) is 3.02. The van der Waals surface area contributed by atoms with E-state index in [2.05, 4.69) is 15.7 Å². The zero-order chi connectivity index (χ0) is 21.3. The molecule has 1 saturated heterocycles. The Morgan fingerprint density at radius 2 is 2.03 bits per heavy atom. The molecule has 2 atom stereocenters.